The Labute approximate surface area is 116 Å². The predicted octanol–water partition coefficient (Wildman–Crippen LogP) is 3.75. The molecular formula is C13H13Cl2N3. The largest absolute Gasteiger partial charge is 0.369 e. The summed E-state index contributed by atoms with van der Waals surface area (Å²) in [5, 5.41) is 4.49. The lowest BCUT2D eigenvalue weighted by atomic mass is 10.1. The first kappa shape index (κ1) is 13.1. The quantitative estimate of drug-likeness (QED) is 0.868. The first-order chi connectivity index (χ1) is 8.66. The third kappa shape index (κ3) is 3.34. The summed E-state index contributed by atoms with van der Waals surface area (Å²) in [7, 11) is 0. The van der Waals surface area contributed by atoms with E-state index in [1.54, 1.807) is 0 Å². The van der Waals surface area contributed by atoms with Crippen LogP contribution in [0.25, 0.3) is 0 Å². The van der Waals surface area contributed by atoms with Crippen molar-refractivity contribution in [1.29, 1.82) is 0 Å². The molecule has 0 saturated carbocycles. The molecule has 0 radical (unpaired) electrons. The number of hydrogen-bond donors (Lipinski definition) is 1. The zero-order chi connectivity index (χ0) is 13.0. The lowest BCUT2D eigenvalue weighted by Crippen LogP contribution is -2.08. The van der Waals surface area contributed by atoms with Crippen molar-refractivity contribution in [1.82, 2.24) is 9.97 Å². The molecule has 2 aromatic rings. The van der Waals surface area contributed by atoms with Crippen molar-refractivity contribution in [2.75, 3.05) is 11.9 Å². The number of nitrogens with zero attached hydrogens (tertiary/aromatic N) is 2. The van der Waals surface area contributed by atoms with Gasteiger partial charge in [0.2, 0.25) is 0 Å². The van der Waals surface area contributed by atoms with Crippen molar-refractivity contribution in [2.45, 2.75) is 13.3 Å². The second-order valence-electron chi connectivity index (χ2n) is 3.94. The summed E-state index contributed by atoms with van der Waals surface area (Å²) in [4.78, 5) is 8.07. The van der Waals surface area contributed by atoms with Gasteiger partial charge in [-0.25, -0.2) is 9.97 Å². The van der Waals surface area contributed by atoms with Gasteiger partial charge in [-0.2, -0.15) is 0 Å². The number of hydrogen-bond acceptors (Lipinski definition) is 3. The van der Waals surface area contributed by atoms with E-state index in [0.717, 1.165) is 29.4 Å². The Morgan fingerprint density at radius 2 is 1.83 bits per heavy atom. The molecule has 1 aromatic heterocycles. The molecule has 0 amide bonds. The van der Waals surface area contributed by atoms with Crippen LogP contribution in [0.5, 0.6) is 0 Å². The Bertz CT molecular complexity index is 526. The lowest BCUT2D eigenvalue weighted by molar-refractivity contribution is 0.991. The molecule has 0 fully saturated rings. The number of halogens is 2. The molecule has 1 aromatic carbocycles. The van der Waals surface area contributed by atoms with Crippen molar-refractivity contribution in [3.8, 4) is 0 Å². The third-order valence-electron chi connectivity index (χ3n) is 2.64. The van der Waals surface area contributed by atoms with E-state index in [2.05, 4.69) is 15.3 Å². The number of rotatable bonds is 4. The van der Waals surface area contributed by atoms with E-state index in [9.17, 15) is 0 Å². The van der Waals surface area contributed by atoms with Crippen LogP contribution in [0, 0.1) is 6.92 Å². The number of aromatic nitrogens is 2. The minimum absolute atomic E-state index is 0.485. The first-order valence-electron chi connectivity index (χ1n) is 5.62. The maximum Gasteiger partial charge on any atom is 0.137 e. The molecule has 3 nitrogen and oxygen atoms in total. The molecule has 0 spiro atoms. The second kappa shape index (κ2) is 6.03. The fraction of sp³-hybridized carbons (Fsp3) is 0.231. The maximum absolute atomic E-state index is 5.92. The van der Waals surface area contributed by atoms with Crippen molar-refractivity contribution in [2.24, 2.45) is 0 Å². The van der Waals surface area contributed by atoms with Crippen LogP contribution in [0.15, 0.2) is 30.6 Å². The zero-order valence-electron chi connectivity index (χ0n) is 9.95. The van der Waals surface area contributed by atoms with Crippen LogP contribution in [0.2, 0.25) is 10.2 Å². The van der Waals surface area contributed by atoms with Gasteiger partial charge in [-0.1, -0.05) is 35.3 Å². The molecule has 2 rings (SSSR count). The van der Waals surface area contributed by atoms with E-state index in [0.29, 0.717) is 5.15 Å². The number of nitrogens with one attached hydrogen (secondary N) is 1. The van der Waals surface area contributed by atoms with Gasteiger partial charge in [0.25, 0.3) is 0 Å². The summed E-state index contributed by atoms with van der Waals surface area (Å²) in [6.07, 6.45) is 2.36. The smallest absolute Gasteiger partial charge is 0.137 e. The van der Waals surface area contributed by atoms with Crippen molar-refractivity contribution < 1.29 is 0 Å². The summed E-state index contributed by atoms with van der Waals surface area (Å²) in [5.41, 5.74) is 2.10. The minimum Gasteiger partial charge on any atom is -0.369 e. The SMILES string of the molecule is Cc1c(Cl)ncnc1NCCc1ccc(Cl)cc1. The molecular weight excluding hydrogens is 269 g/mol. The maximum atomic E-state index is 5.92. The average molecular weight is 282 g/mol. The average Bonchev–Trinajstić information content (AvgIpc) is 2.37. The Kier molecular flexibility index (Phi) is 4.39. The molecule has 1 N–H and O–H groups in total. The topological polar surface area (TPSA) is 37.8 Å². The molecule has 0 aliphatic rings. The Hall–Kier alpha value is -1.32. The van der Waals surface area contributed by atoms with Crippen molar-refractivity contribution in [3.05, 3.63) is 51.9 Å². The molecule has 0 unspecified atom stereocenters. The highest BCUT2D eigenvalue weighted by Crippen LogP contribution is 2.17. The van der Waals surface area contributed by atoms with Gasteiger partial charge in [0, 0.05) is 17.1 Å². The molecule has 0 atom stereocenters. The van der Waals surface area contributed by atoms with E-state index >= 15 is 0 Å². The van der Waals surface area contributed by atoms with Crippen molar-refractivity contribution >= 4 is 29.0 Å². The van der Waals surface area contributed by atoms with Gasteiger partial charge in [-0.3, -0.25) is 0 Å². The monoisotopic (exact) mass is 281 g/mol. The van der Waals surface area contributed by atoms with E-state index < -0.39 is 0 Å². The highest BCUT2D eigenvalue weighted by molar-refractivity contribution is 6.30. The Balaban J connectivity index is 1.92. The van der Waals surface area contributed by atoms with Gasteiger partial charge >= 0.3 is 0 Å². The lowest BCUT2D eigenvalue weighted by Gasteiger charge is -2.08. The Morgan fingerprint density at radius 1 is 1.11 bits per heavy atom. The van der Waals surface area contributed by atoms with Gasteiger partial charge in [-0.05, 0) is 31.0 Å². The highest BCUT2D eigenvalue weighted by Gasteiger charge is 2.03. The fourth-order valence-electron chi connectivity index (χ4n) is 1.58. The number of anilines is 1. The fourth-order valence-corrected chi connectivity index (χ4v) is 1.84. The summed E-state index contributed by atoms with van der Waals surface area (Å²) >= 11 is 11.8. The summed E-state index contributed by atoms with van der Waals surface area (Å²) in [5.74, 6) is 0.781. The van der Waals surface area contributed by atoms with Gasteiger partial charge in [0.15, 0.2) is 0 Å². The van der Waals surface area contributed by atoms with Crippen LogP contribution < -0.4 is 5.32 Å². The van der Waals surface area contributed by atoms with Crippen LogP contribution in [-0.4, -0.2) is 16.5 Å². The van der Waals surface area contributed by atoms with E-state index in [4.69, 9.17) is 23.2 Å². The highest BCUT2D eigenvalue weighted by atomic mass is 35.5. The van der Waals surface area contributed by atoms with Crippen LogP contribution in [0.1, 0.15) is 11.1 Å². The van der Waals surface area contributed by atoms with E-state index in [1.807, 2.05) is 31.2 Å². The summed E-state index contributed by atoms with van der Waals surface area (Å²) in [6.45, 7) is 2.68. The molecule has 5 heteroatoms. The van der Waals surface area contributed by atoms with Crippen LogP contribution in [0.4, 0.5) is 5.82 Å². The Morgan fingerprint density at radius 3 is 2.56 bits per heavy atom. The van der Waals surface area contributed by atoms with Crippen LogP contribution in [0.3, 0.4) is 0 Å². The second-order valence-corrected chi connectivity index (χ2v) is 4.74. The molecule has 0 bridgehead atoms. The van der Waals surface area contributed by atoms with Crippen LogP contribution >= 0.6 is 23.2 Å². The van der Waals surface area contributed by atoms with Crippen molar-refractivity contribution in [3.63, 3.8) is 0 Å². The van der Waals surface area contributed by atoms with E-state index in [-0.39, 0.29) is 0 Å². The zero-order valence-corrected chi connectivity index (χ0v) is 11.5. The van der Waals surface area contributed by atoms with Gasteiger partial charge < -0.3 is 5.32 Å². The predicted molar refractivity (Wildman–Crippen MR) is 75.4 cm³/mol. The van der Waals surface area contributed by atoms with Gasteiger partial charge in [-0.15, -0.1) is 0 Å². The number of benzene rings is 1. The van der Waals surface area contributed by atoms with E-state index in [1.165, 1.54) is 11.9 Å². The van der Waals surface area contributed by atoms with Gasteiger partial charge in [0.1, 0.15) is 17.3 Å². The molecule has 94 valence electrons. The molecule has 0 aliphatic heterocycles. The molecule has 0 saturated heterocycles. The molecule has 18 heavy (non-hydrogen) atoms. The summed E-state index contributed by atoms with van der Waals surface area (Å²) in [6, 6.07) is 7.82. The molecule has 0 aliphatic carbocycles. The van der Waals surface area contributed by atoms with Crippen LogP contribution in [-0.2, 0) is 6.42 Å². The standard InChI is InChI=1S/C13H13Cl2N3/c1-9-12(15)17-8-18-13(9)16-7-6-10-2-4-11(14)5-3-10/h2-5,8H,6-7H2,1H3,(H,16,17,18). The molecule has 1 heterocycles. The normalized spacial score (nSPS) is 10.4. The van der Waals surface area contributed by atoms with Gasteiger partial charge in [0.05, 0.1) is 0 Å². The third-order valence-corrected chi connectivity index (χ3v) is 3.27. The first-order valence-corrected chi connectivity index (χ1v) is 6.38. The minimum atomic E-state index is 0.485. The summed E-state index contributed by atoms with van der Waals surface area (Å²) < 4.78 is 0.